The van der Waals surface area contributed by atoms with E-state index in [1.165, 1.54) is 6.07 Å². The molecule has 1 amide bonds. The lowest BCUT2D eigenvalue weighted by Crippen LogP contribution is -2.53. The van der Waals surface area contributed by atoms with Gasteiger partial charge in [-0.2, -0.15) is 0 Å². The Morgan fingerprint density at radius 3 is 2.77 bits per heavy atom. The summed E-state index contributed by atoms with van der Waals surface area (Å²) in [4.78, 5) is 31.0. The van der Waals surface area contributed by atoms with E-state index in [0.717, 1.165) is 37.9 Å². The first-order valence-electron chi connectivity index (χ1n) is 10.7. The zero-order valence-corrected chi connectivity index (χ0v) is 17.2. The summed E-state index contributed by atoms with van der Waals surface area (Å²) in [5.74, 6) is -1.33. The first-order valence-corrected chi connectivity index (χ1v) is 10.7. The number of para-hydroxylation sites is 1. The minimum Gasteiger partial charge on any atom is -0.534 e. The number of nitrogens with one attached hydrogen (secondary N) is 3. The Hall–Kier alpha value is -2.85. The average molecular weight is 426 g/mol. The highest BCUT2D eigenvalue weighted by Gasteiger charge is 2.38. The number of H-pyrrole nitrogens is 1. The number of rotatable bonds is 7. The molecule has 2 aliphatic rings. The molecule has 164 valence electrons. The van der Waals surface area contributed by atoms with Crippen molar-refractivity contribution in [1.29, 1.82) is 0 Å². The van der Waals surface area contributed by atoms with Crippen LogP contribution >= 0.6 is 0 Å². The smallest absolute Gasteiger partial charge is 0.534 e. The number of aromatic amines is 1. The summed E-state index contributed by atoms with van der Waals surface area (Å²) in [6.45, 7) is 0.764. The molecular formula is C21H27BN4O5. The van der Waals surface area contributed by atoms with E-state index in [-0.39, 0.29) is 17.2 Å². The molecule has 1 aromatic carbocycles. The quantitative estimate of drug-likeness (QED) is 0.421. The molecule has 0 bridgehead atoms. The highest BCUT2D eigenvalue weighted by molar-refractivity contribution is 6.47. The third-order valence-corrected chi connectivity index (χ3v) is 6.15. The third-order valence-electron chi connectivity index (χ3n) is 6.15. The van der Waals surface area contributed by atoms with Crippen LogP contribution in [-0.2, 0) is 17.8 Å². The summed E-state index contributed by atoms with van der Waals surface area (Å²) in [6.07, 6.45) is 8.22. The fraction of sp³-hybridized carbons (Fsp3) is 0.476. The fourth-order valence-corrected chi connectivity index (χ4v) is 4.45. The summed E-state index contributed by atoms with van der Waals surface area (Å²) >= 11 is 0. The molecule has 1 aliphatic heterocycles. The molecule has 2 aromatic rings. The minimum absolute atomic E-state index is 0.0132. The fourth-order valence-electron chi connectivity index (χ4n) is 4.45. The molecule has 0 spiro atoms. The largest absolute Gasteiger partial charge is 0.547 e. The van der Waals surface area contributed by atoms with E-state index in [1.807, 2.05) is 6.20 Å². The van der Waals surface area contributed by atoms with Gasteiger partial charge in [0.2, 0.25) is 5.91 Å². The van der Waals surface area contributed by atoms with Crippen LogP contribution in [0.2, 0.25) is 0 Å². The summed E-state index contributed by atoms with van der Waals surface area (Å²) in [5.41, 5.74) is 1.74. The average Bonchev–Trinajstić information content (AvgIpc) is 3.27. The van der Waals surface area contributed by atoms with E-state index < -0.39 is 19.0 Å². The number of amides is 1. The number of carboxylic acids is 1. The molecule has 31 heavy (non-hydrogen) atoms. The molecule has 4 rings (SSSR count). The Balaban J connectivity index is 1.24. The van der Waals surface area contributed by atoms with Crippen LogP contribution in [0.3, 0.4) is 0 Å². The van der Waals surface area contributed by atoms with Crippen molar-refractivity contribution in [1.82, 2.24) is 20.6 Å². The van der Waals surface area contributed by atoms with Gasteiger partial charge < -0.3 is 30.4 Å². The van der Waals surface area contributed by atoms with Gasteiger partial charge in [-0.05, 0) is 49.7 Å². The molecule has 5 N–H and O–H groups in total. The van der Waals surface area contributed by atoms with Crippen molar-refractivity contribution in [3.05, 3.63) is 47.5 Å². The SMILES string of the molecule is O=C(C[C@H]1CC[C@H](NCc2cnc[nH]2)CC1)N[C@H]1Cc2cccc(C(=O)O)c2OB1O. The number of carbonyl (C=O) groups excluding carboxylic acids is 1. The first kappa shape index (κ1) is 21.4. The van der Waals surface area contributed by atoms with Gasteiger partial charge in [-0.1, -0.05) is 12.1 Å². The van der Waals surface area contributed by atoms with Crippen LogP contribution in [0.25, 0.3) is 0 Å². The maximum atomic E-state index is 12.6. The van der Waals surface area contributed by atoms with Gasteiger partial charge in [-0.15, -0.1) is 0 Å². The Bertz CT molecular complexity index is 914. The highest BCUT2D eigenvalue weighted by atomic mass is 16.5. The van der Waals surface area contributed by atoms with Gasteiger partial charge in [0.1, 0.15) is 5.75 Å². The van der Waals surface area contributed by atoms with Crippen molar-refractivity contribution in [2.45, 2.75) is 57.1 Å². The van der Waals surface area contributed by atoms with Crippen LogP contribution < -0.4 is 15.3 Å². The number of hydrogen-bond acceptors (Lipinski definition) is 6. The van der Waals surface area contributed by atoms with Crippen LogP contribution in [0.1, 0.15) is 53.7 Å². The van der Waals surface area contributed by atoms with E-state index in [0.29, 0.717) is 30.4 Å². The second-order valence-corrected chi connectivity index (χ2v) is 8.37. The molecule has 9 nitrogen and oxygen atoms in total. The lowest BCUT2D eigenvalue weighted by atomic mass is 9.72. The van der Waals surface area contributed by atoms with Crippen LogP contribution in [0.15, 0.2) is 30.7 Å². The Morgan fingerprint density at radius 1 is 1.26 bits per heavy atom. The van der Waals surface area contributed by atoms with Gasteiger partial charge in [0, 0.05) is 30.9 Å². The van der Waals surface area contributed by atoms with Crippen LogP contribution in [0, 0.1) is 5.92 Å². The first-order chi connectivity index (χ1) is 15.0. The van der Waals surface area contributed by atoms with E-state index >= 15 is 0 Å². The van der Waals surface area contributed by atoms with Crippen molar-refractivity contribution in [3.8, 4) is 5.75 Å². The number of carbonyl (C=O) groups is 2. The molecule has 1 saturated carbocycles. The zero-order valence-electron chi connectivity index (χ0n) is 17.2. The molecule has 1 atom stereocenters. The lowest BCUT2D eigenvalue weighted by molar-refractivity contribution is -0.122. The molecule has 1 fully saturated rings. The summed E-state index contributed by atoms with van der Waals surface area (Å²) in [5, 5.41) is 26.0. The van der Waals surface area contributed by atoms with E-state index in [1.54, 1.807) is 18.5 Å². The molecular weight excluding hydrogens is 399 g/mol. The van der Waals surface area contributed by atoms with Gasteiger partial charge >= 0.3 is 13.1 Å². The van der Waals surface area contributed by atoms with Crippen molar-refractivity contribution >= 4 is 19.0 Å². The molecule has 1 aromatic heterocycles. The third kappa shape index (κ3) is 5.26. The number of carboxylic acid groups (broad SMARTS) is 1. The number of imidazole rings is 1. The maximum Gasteiger partial charge on any atom is 0.547 e. The van der Waals surface area contributed by atoms with Crippen molar-refractivity contribution in [3.63, 3.8) is 0 Å². The summed E-state index contributed by atoms with van der Waals surface area (Å²) in [7, 11) is -1.28. The van der Waals surface area contributed by atoms with Crippen LogP contribution in [0.4, 0.5) is 0 Å². The van der Waals surface area contributed by atoms with Crippen LogP contribution in [-0.4, -0.2) is 51.1 Å². The Morgan fingerprint density at radius 2 is 2.06 bits per heavy atom. The minimum atomic E-state index is -1.28. The Kier molecular flexibility index (Phi) is 6.57. The summed E-state index contributed by atoms with van der Waals surface area (Å²) in [6, 6.07) is 5.27. The molecule has 10 heteroatoms. The number of aromatic nitrogens is 2. The number of hydrogen-bond donors (Lipinski definition) is 5. The molecule has 0 radical (unpaired) electrons. The van der Waals surface area contributed by atoms with Gasteiger partial charge in [-0.25, -0.2) is 9.78 Å². The van der Waals surface area contributed by atoms with Crippen molar-refractivity contribution in [2.75, 3.05) is 0 Å². The predicted molar refractivity (Wildman–Crippen MR) is 113 cm³/mol. The predicted octanol–water partition coefficient (Wildman–Crippen LogP) is 1.29. The van der Waals surface area contributed by atoms with Gasteiger partial charge in [0.25, 0.3) is 0 Å². The van der Waals surface area contributed by atoms with Crippen molar-refractivity contribution < 1.29 is 24.4 Å². The maximum absolute atomic E-state index is 12.6. The normalized spacial score (nSPS) is 23.0. The second-order valence-electron chi connectivity index (χ2n) is 8.37. The molecule has 1 aliphatic carbocycles. The Labute approximate surface area is 180 Å². The van der Waals surface area contributed by atoms with Gasteiger partial charge in [-0.3, -0.25) is 4.79 Å². The number of benzene rings is 1. The van der Waals surface area contributed by atoms with E-state index in [9.17, 15) is 19.7 Å². The van der Waals surface area contributed by atoms with Crippen LogP contribution in [0.5, 0.6) is 5.75 Å². The summed E-state index contributed by atoms with van der Waals surface area (Å²) < 4.78 is 5.44. The molecule has 0 saturated heterocycles. The standard InChI is InChI=1S/C21H27BN4O5/c27-19(8-13-4-6-15(7-5-13)24-11-16-10-23-12-25-16)26-18-9-14-2-1-3-17(21(28)29)20(14)31-22(18)30/h1-3,10,12-13,15,18,24,30H,4-9,11H2,(H,23,25)(H,26,27)(H,28,29)/t13-,15-,18-/m0/s1. The highest BCUT2D eigenvalue weighted by Crippen LogP contribution is 2.31. The van der Waals surface area contributed by atoms with Crippen molar-refractivity contribution in [2.24, 2.45) is 5.92 Å². The number of fused-ring (bicyclic) bond motifs is 1. The number of nitrogens with zero attached hydrogens (tertiary/aromatic N) is 1. The van der Waals surface area contributed by atoms with E-state index in [4.69, 9.17) is 4.65 Å². The monoisotopic (exact) mass is 426 g/mol. The van der Waals surface area contributed by atoms with Gasteiger partial charge in [0.05, 0.1) is 17.8 Å². The second kappa shape index (κ2) is 9.53. The lowest BCUT2D eigenvalue weighted by Gasteiger charge is -2.31. The number of aromatic carboxylic acids is 1. The molecule has 2 heterocycles. The van der Waals surface area contributed by atoms with Gasteiger partial charge in [0.15, 0.2) is 0 Å². The topological polar surface area (TPSA) is 137 Å². The molecule has 0 unspecified atom stereocenters. The van der Waals surface area contributed by atoms with E-state index in [2.05, 4.69) is 20.6 Å². The zero-order chi connectivity index (χ0) is 21.8.